The SMILES string of the molecule is Cl.Cl.O=C(NCCNC1CCCCCC1)c1ccc(N2CCCC2)nc1. The van der Waals surface area contributed by atoms with Gasteiger partial charge in [-0.05, 0) is 37.8 Å². The Morgan fingerprint density at radius 1 is 1.00 bits per heavy atom. The molecule has 1 aromatic rings. The zero-order chi connectivity index (χ0) is 16.6. The van der Waals surface area contributed by atoms with Gasteiger partial charge in [0.15, 0.2) is 0 Å². The highest BCUT2D eigenvalue weighted by atomic mass is 35.5. The number of carbonyl (C=O) groups is 1. The van der Waals surface area contributed by atoms with Crippen molar-refractivity contribution < 1.29 is 4.79 Å². The van der Waals surface area contributed by atoms with Crippen LogP contribution in [-0.4, -0.2) is 43.1 Å². The third-order valence-electron chi connectivity index (χ3n) is 5.14. The predicted molar refractivity (Wildman–Crippen MR) is 112 cm³/mol. The molecule has 0 aromatic carbocycles. The first-order valence-corrected chi connectivity index (χ1v) is 9.55. The first kappa shape index (κ1) is 23.0. The summed E-state index contributed by atoms with van der Waals surface area (Å²) in [5.74, 6) is 0.956. The van der Waals surface area contributed by atoms with Gasteiger partial charge in [0.2, 0.25) is 0 Å². The second kappa shape index (κ2) is 12.4. The van der Waals surface area contributed by atoms with Crippen molar-refractivity contribution in [3.63, 3.8) is 0 Å². The van der Waals surface area contributed by atoms with E-state index in [9.17, 15) is 4.79 Å². The minimum Gasteiger partial charge on any atom is -0.357 e. The van der Waals surface area contributed by atoms with E-state index in [1.165, 1.54) is 51.4 Å². The molecule has 0 radical (unpaired) electrons. The highest BCUT2D eigenvalue weighted by Gasteiger charge is 2.14. The molecule has 148 valence electrons. The van der Waals surface area contributed by atoms with Crippen LogP contribution in [0.3, 0.4) is 0 Å². The highest BCUT2D eigenvalue weighted by Crippen LogP contribution is 2.18. The molecule has 0 unspecified atom stereocenters. The highest BCUT2D eigenvalue weighted by molar-refractivity contribution is 5.94. The Labute approximate surface area is 169 Å². The molecule has 3 rings (SSSR count). The number of nitrogens with one attached hydrogen (secondary N) is 2. The summed E-state index contributed by atoms with van der Waals surface area (Å²) in [4.78, 5) is 18.9. The Morgan fingerprint density at radius 2 is 1.69 bits per heavy atom. The van der Waals surface area contributed by atoms with Crippen molar-refractivity contribution >= 4 is 36.5 Å². The smallest absolute Gasteiger partial charge is 0.252 e. The number of aromatic nitrogens is 1. The number of carbonyl (C=O) groups excluding carboxylic acids is 1. The van der Waals surface area contributed by atoms with E-state index in [-0.39, 0.29) is 30.7 Å². The Morgan fingerprint density at radius 3 is 2.31 bits per heavy atom. The molecule has 1 amide bonds. The van der Waals surface area contributed by atoms with Gasteiger partial charge in [-0.1, -0.05) is 25.7 Å². The maximum absolute atomic E-state index is 12.2. The lowest BCUT2D eigenvalue weighted by molar-refractivity contribution is 0.0953. The lowest BCUT2D eigenvalue weighted by atomic mass is 10.1. The van der Waals surface area contributed by atoms with Crippen molar-refractivity contribution in [2.24, 2.45) is 0 Å². The Hall–Kier alpha value is -1.04. The van der Waals surface area contributed by atoms with Crippen molar-refractivity contribution in [3.05, 3.63) is 23.9 Å². The van der Waals surface area contributed by atoms with Gasteiger partial charge < -0.3 is 15.5 Å². The number of nitrogens with zero attached hydrogens (tertiary/aromatic N) is 2. The normalized spacial score (nSPS) is 17.8. The van der Waals surface area contributed by atoms with Gasteiger partial charge >= 0.3 is 0 Å². The molecule has 1 aliphatic heterocycles. The van der Waals surface area contributed by atoms with Crippen LogP contribution >= 0.6 is 24.8 Å². The summed E-state index contributed by atoms with van der Waals surface area (Å²) in [7, 11) is 0. The monoisotopic (exact) mass is 402 g/mol. The van der Waals surface area contributed by atoms with E-state index < -0.39 is 0 Å². The van der Waals surface area contributed by atoms with Crippen LogP contribution < -0.4 is 15.5 Å². The van der Waals surface area contributed by atoms with Gasteiger partial charge in [0.25, 0.3) is 5.91 Å². The second-order valence-corrected chi connectivity index (χ2v) is 7.00. The Bertz CT molecular complexity index is 513. The number of pyridine rings is 1. The summed E-state index contributed by atoms with van der Waals surface area (Å²) in [5, 5.41) is 6.57. The number of rotatable bonds is 6. The quantitative estimate of drug-likeness (QED) is 0.563. The summed E-state index contributed by atoms with van der Waals surface area (Å²) >= 11 is 0. The molecule has 1 saturated heterocycles. The molecule has 2 heterocycles. The lowest BCUT2D eigenvalue weighted by Gasteiger charge is -2.17. The molecule has 1 aromatic heterocycles. The van der Waals surface area contributed by atoms with Crippen molar-refractivity contribution in [1.29, 1.82) is 0 Å². The van der Waals surface area contributed by atoms with Crippen molar-refractivity contribution in [2.45, 2.75) is 57.4 Å². The lowest BCUT2D eigenvalue weighted by Crippen LogP contribution is -2.36. The van der Waals surface area contributed by atoms with Crippen LogP contribution in [0.15, 0.2) is 18.3 Å². The van der Waals surface area contributed by atoms with Crippen LogP contribution in [0.25, 0.3) is 0 Å². The molecule has 1 aliphatic carbocycles. The van der Waals surface area contributed by atoms with Gasteiger partial charge in [0, 0.05) is 38.4 Å². The molecular formula is C19H32Cl2N4O. The standard InChI is InChI=1S/C19H30N4O.2ClH/c24-19(21-12-11-20-17-7-3-1-2-4-8-17)16-9-10-18(22-15-16)23-13-5-6-14-23;;/h9-10,15,17,20H,1-8,11-14H2,(H,21,24);2*1H. The maximum atomic E-state index is 12.2. The Kier molecular flexibility index (Phi) is 10.9. The van der Waals surface area contributed by atoms with Crippen LogP contribution in [0.4, 0.5) is 5.82 Å². The Balaban J connectivity index is 0.00000169. The summed E-state index contributed by atoms with van der Waals surface area (Å²) in [5.41, 5.74) is 0.646. The second-order valence-electron chi connectivity index (χ2n) is 7.00. The molecule has 26 heavy (non-hydrogen) atoms. The third kappa shape index (κ3) is 6.93. The van der Waals surface area contributed by atoms with Gasteiger partial charge in [-0.2, -0.15) is 0 Å². The molecule has 0 bridgehead atoms. The van der Waals surface area contributed by atoms with Gasteiger partial charge in [0.1, 0.15) is 5.82 Å². The van der Waals surface area contributed by atoms with E-state index in [2.05, 4.69) is 20.5 Å². The summed E-state index contributed by atoms with van der Waals surface area (Å²) in [6, 6.07) is 4.48. The largest absolute Gasteiger partial charge is 0.357 e. The van der Waals surface area contributed by atoms with Crippen LogP contribution in [0.5, 0.6) is 0 Å². The summed E-state index contributed by atoms with van der Waals surface area (Å²) < 4.78 is 0. The summed E-state index contributed by atoms with van der Waals surface area (Å²) in [6.07, 6.45) is 12.1. The summed E-state index contributed by atoms with van der Waals surface area (Å²) in [6.45, 7) is 3.66. The average Bonchev–Trinajstić information content (AvgIpc) is 3.03. The first-order valence-electron chi connectivity index (χ1n) is 9.55. The van der Waals surface area contributed by atoms with E-state index in [4.69, 9.17) is 0 Å². The van der Waals surface area contributed by atoms with Crippen molar-refractivity contribution in [3.8, 4) is 0 Å². The van der Waals surface area contributed by atoms with Crippen LogP contribution in [0.1, 0.15) is 61.7 Å². The molecule has 0 spiro atoms. The van der Waals surface area contributed by atoms with Crippen molar-refractivity contribution in [2.75, 3.05) is 31.1 Å². The van der Waals surface area contributed by atoms with Crippen LogP contribution in [-0.2, 0) is 0 Å². The number of hydrogen-bond donors (Lipinski definition) is 2. The van der Waals surface area contributed by atoms with E-state index in [0.29, 0.717) is 18.2 Å². The number of hydrogen-bond acceptors (Lipinski definition) is 4. The van der Waals surface area contributed by atoms with Gasteiger partial charge in [-0.25, -0.2) is 4.98 Å². The number of amides is 1. The first-order chi connectivity index (χ1) is 11.8. The van der Waals surface area contributed by atoms with Crippen molar-refractivity contribution in [1.82, 2.24) is 15.6 Å². The minimum absolute atomic E-state index is 0. The fourth-order valence-corrected chi connectivity index (χ4v) is 3.69. The van der Waals surface area contributed by atoms with Crippen LogP contribution in [0, 0.1) is 0 Å². The van der Waals surface area contributed by atoms with Gasteiger partial charge in [-0.15, -0.1) is 24.8 Å². The molecule has 2 aliphatic rings. The van der Waals surface area contributed by atoms with E-state index in [1.54, 1.807) is 6.20 Å². The molecule has 5 nitrogen and oxygen atoms in total. The maximum Gasteiger partial charge on any atom is 0.252 e. The molecule has 0 atom stereocenters. The zero-order valence-electron chi connectivity index (χ0n) is 15.4. The fraction of sp³-hybridized carbons (Fsp3) is 0.684. The number of halogens is 2. The number of anilines is 1. The van der Waals surface area contributed by atoms with Crippen LogP contribution in [0.2, 0.25) is 0 Å². The fourth-order valence-electron chi connectivity index (χ4n) is 3.69. The molecule has 7 heteroatoms. The van der Waals surface area contributed by atoms with Gasteiger partial charge in [0.05, 0.1) is 5.56 Å². The molecule has 1 saturated carbocycles. The topological polar surface area (TPSA) is 57.3 Å². The van der Waals surface area contributed by atoms with E-state index in [0.717, 1.165) is 25.5 Å². The molecule has 2 N–H and O–H groups in total. The van der Waals surface area contributed by atoms with Gasteiger partial charge in [-0.3, -0.25) is 4.79 Å². The predicted octanol–water partition coefficient (Wildman–Crippen LogP) is 3.57. The molecular weight excluding hydrogens is 371 g/mol. The average molecular weight is 403 g/mol. The van der Waals surface area contributed by atoms with E-state index in [1.807, 2.05) is 12.1 Å². The zero-order valence-corrected chi connectivity index (χ0v) is 17.0. The third-order valence-corrected chi connectivity index (χ3v) is 5.14. The van der Waals surface area contributed by atoms with E-state index >= 15 is 0 Å². The minimum atomic E-state index is -0.0295. The molecule has 2 fully saturated rings.